The van der Waals surface area contributed by atoms with Gasteiger partial charge in [-0.25, -0.2) is 0 Å². The number of anilines is 1. The average molecular weight is 308 g/mol. The van der Waals surface area contributed by atoms with Crippen molar-refractivity contribution in [3.05, 3.63) is 63.6 Å². The number of aldehydes is 1. The summed E-state index contributed by atoms with van der Waals surface area (Å²) >= 11 is 12.1. The molecule has 0 heterocycles. The van der Waals surface area contributed by atoms with E-state index in [1.165, 1.54) is 0 Å². The minimum absolute atomic E-state index is 0.145. The first-order valence-corrected chi connectivity index (χ1v) is 7.01. The maximum Gasteiger partial charge on any atom is 0.150 e. The second-order valence-corrected chi connectivity index (χ2v) is 5.51. The molecule has 20 heavy (non-hydrogen) atoms. The van der Waals surface area contributed by atoms with Crippen LogP contribution in [0.25, 0.3) is 0 Å². The number of carbonyl (C=O) groups is 1. The molecule has 0 saturated carbocycles. The van der Waals surface area contributed by atoms with Crippen LogP contribution in [0.5, 0.6) is 0 Å². The van der Waals surface area contributed by atoms with Crippen molar-refractivity contribution in [1.29, 1.82) is 0 Å². The first kappa shape index (κ1) is 14.9. The predicted octanol–water partition coefficient (Wildman–Crippen LogP) is 5.00. The van der Waals surface area contributed by atoms with Crippen molar-refractivity contribution in [3.8, 4) is 0 Å². The lowest BCUT2D eigenvalue weighted by Gasteiger charge is -2.28. The summed E-state index contributed by atoms with van der Waals surface area (Å²) in [6.45, 7) is 2.09. The molecular weight excluding hydrogens is 293 g/mol. The lowest BCUT2D eigenvalue weighted by atomic mass is 10.1. The fourth-order valence-corrected chi connectivity index (χ4v) is 2.50. The molecule has 0 radical (unpaired) electrons. The van der Waals surface area contributed by atoms with Gasteiger partial charge in [0.1, 0.15) is 6.29 Å². The van der Waals surface area contributed by atoms with Crippen molar-refractivity contribution in [1.82, 2.24) is 0 Å². The smallest absolute Gasteiger partial charge is 0.150 e. The standard InChI is InChI=1S/C16H15Cl2NO/c1-11(13-4-6-14(17)7-5-13)19(2)16-8-3-12(10-20)9-15(16)18/h3-11H,1-2H3. The number of hydrogen-bond donors (Lipinski definition) is 0. The van der Waals surface area contributed by atoms with E-state index in [2.05, 4.69) is 11.8 Å². The normalized spacial score (nSPS) is 12.0. The van der Waals surface area contributed by atoms with Gasteiger partial charge in [0.05, 0.1) is 16.8 Å². The van der Waals surface area contributed by atoms with Gasteiger partial charge in [0, 0.05) is 17.6 Å². The van der Waals surface area contributed by atoms with E-state index in [1.54, 1.807) is 12.1 Å². The van der Waals surface area contributed by atoms with E-state index in [1.807, 2.05) is 37.4 Å². The third kappa shape index (κ3) is 3.14. The zero-order valence-electron chi connectivity index (χ0n) is 11.3. The number of halogens is 2. The van der Waals surface area contributed by atoms with Crippen LogP contribution >= 0.6 is 23.2 Å². The number of hydrogen-bond acceptors (Lipinski definition) is 2. The van der Waals surface area contributed by atoms with E-state index in [4.69, 9.17) is 23.2 Å². The Morgan fingerprint density at radius 3 is 2.30 bits per heavy atom. The molecule has 2 aromatic rings. The second-order valence-electron chi connectivity index (χ2n) is 4.67. The van der Waals surface area contributed by atoms with Crippen molar-refractivity contribution in [2.75, 3.05) is 11.9 Å². The molecule has 0 amide bonds. The molecule has 0 aliphatic rings. The van der Waals surface area contributed by atoms with Crippen LogP contribution in [0.15, 0.2) is 42.5 Å². The Balaban J connectivity index is 2.28. The van der Waals surface area contributed by atoms with E-state index in [9.17, 15) is 4.79 Å². The van der Waals surface area contributed by atoms with Crippen LogP contribution < -0.4 is 4.90 Å². The van der Waals surface area contributed by atoms with Gasteiger partial charge in [-0.3, -0.25) is 4.79 Å². The fraction of sp³-hybridized carbons (Fsp3) is 0.188. The predicted molar refractivity (Wildman–Crippen MR) is 85.1 cm³/mol. The molecule has 2 aromatic carbocycles. The van der Waals surface area contributed by atoms with Crippen LogP contribution in [0, 0.1) is 0 Å². The molecular formula is C16H15Cl2NO. The molecule has 1 unspecified atom stereocenters. The maximum atomic E-state index is 10.7. The van der Waals surface area contributed by atoms with Crippen molar-refractivity contribution >= 4 is 35.2 Å². The molecule has 0 bridgehead atoms. The van der Waals surface area contributed by atoms with Crippen LogP contribution in [-0.2, 0) is 0 Å². The Hall–Kier alpha value is -1.51. The Labute approximate surface area is 128 Å². The van der Waals surface area contributed by atoms with Gasteiger partial charge in [-0.05, 0) is 42.8 Å². The summed E-state index contributed by atoms with van der Waals surface area (Å²) < 4.78 is 0. The molecule has 0 fully saturated rings. The lowest BCUT2D eigenvalue weighted by molar-refractivity contribution is 0.112. The van der Waals surface area contributed by atoms with Crippen molar-refractivity contribution in [3.63, 3.8) is 0 Å². The Bertz CT molecular complexity index is 610. The van der Waals surface area contributed by atoms with Gasteiger partial charge in [-0.2, -0.15) is 0 Å². The molecule has 0 aliphatic carbocycles. The van der Waals surface area contributed by atoms with Crippen LogP contribution in [0.4, 0.5) is 5.69 Å². The molecule has 2 rings (SSSR count). The third-order valence-electron chi connectivity index (χ3n) is 3.42. The molecule has 0 spiro atoms. The van der Waals surface area contributed by atoms with Crippen LogP contribution in [0.1, 0.15) is 28.9 Å². The summed E-state index contributed by atoms with van der Waals surface area (Å²) in [5.74, 6) is 0. The molecule has 0 saturated heterocycles. The van der Waals surface area contributed by atoms with Crippen LogP contribution in [-0.4, -0.2) is 13.3 Å². The van der Waals surface area contributed by atoms with Crippen LogP contribution in [0.2, 0.25) is 10.0 Å². The first-order valence-electron chi connectivity index (χ1n) is 6.26. The molecule has 0 aromatic heterocycles. The topological polar surface area (TPSA) is 20.3 Å². The highest BCUT2D eigenvalue weighted by molar-refractivity contribution is 6.33. The third-order valence-corrected chi connectivity index (χ3v) is 3.98. The summed E-state index contributed by atoms with van der Waals surface area (Å²) in [7, 11) is 1.97. The zero-order valence-corrected chi connectivity index (χ0v) is 12.8. The van der Waals surface area contributed by atoms with Crippen molar-refractivity contribution in [2.24, 2.45) is 0 Å². The zero-order chi connectivity index (χ0) is 14.7. The lowest BCUT2D eigenvalue weighted by Crippen LogP contribution is -2.21. The van der Waals surface area contributed by atoms with Gasteiger partial charge in [-0.15, -0.1) is 0 Å². The number of carbonyl (C=O) groups excluding carboxylic acids is 1. The second kappa shape index (κ2) is 6.29. The molecule has 0 aliphatic heterocycles. The van der Waals surface area contributed by atoms with E-state index >= 15 is 0 Å². The molecule has 2 nitrogen and oxygen atoms in total. The largest absolute Gasteiger partial charge is 0.367 e. The molecule has 104 valence electrons. The monoisotopic (exact) mass is 307 g/mol. The van der Waals surface area contributed by atoms with E-state index in [0.29, 0.717) is 10.6 Å². The maximum absolute atomic E-state index is 10.7. The van der Waals surface area contributed by atoms with Gasteiger partial charge in [0.25, 0.3) is 0 Å². The van der Waals surface area contributed by atoms with E-state index in [0.717, 1.165) is 22.6 Å². The number of nitrogens with zero attached hydrogens (tertiary/aromatic N) is 1. The van der Waals surface area contributed by atoms with Gasteiger partial charge in [0.2, 0.25) is 0 Å². The Morgan fingerprint density at radius 2 is 1.75 bits per heavy atom. The highest BCUT2D eigenvalue weighted by Gasteiger charge is 2.15. The van der Waals surface area contributed by atoms with Gasteiger partial charge in [0.15, 0.2) is 0 Å². The summed E-state index contributed by atoms with van der Waals surface area (Å²) in [6, 6.07) is 13.2. The molecule has 1 atom stereocenters. The quantitative estimate of drug-likeness (QED) is 0.741. The average Bonchev–Trinajstić information content (AvgIpc) is 2.46. The van der Waals surface area contributed by atoms with Crippen LogP contribution in [0.3, 0.4) is 0 Å². The number of rotatable bonds is 4. The molecule has 0 N–H and O–H groups in total. The highest BCUT2D eigenvalue weighted by atomic mass is 35.5. The minimum atomic E-state index is 0.145. The highest BCUT2D eigenvalue weighted by Crippen LogP contribution is 2.32. The SMILES string of the molecule is CC(c1ccc(Cl)cc1)N(C)c1ccc(C=O)cc1Cl. The van der Waals surface area contributed by atoms with Gasteiger partial charge in [-0.1, -0.05) is 35.3 Å². The fourth-order valence-electron chi connectivity index (χ4n) is 2.06. The Kier molecular flexibility index (Phi) is 4.69. The summed E-state index contributed by atoms with van der Waals surface area (Å²) in [4.78, 5) is 12.8. The van der Waals surface area contributed by atoms with Gasteiger partial charge < -0.3 is 4.90 Å². The van der Waals surface area contributed by atoms with Gasteiger partial charge >= 0.3 is 0 Å². The summed E-state index contributed by atoms with van der Waals surface area (Å²) in [5.41, 5.74) is 2.61. The molecule has 4 heteroatoms. The van der Waals surface area contributed by atoms with E-state index in [-0.39, 0.29) is 6.04 Å². The minimum Gasteiger partial charge on any atom is -0.367 e. The summed E-state index contributed by atoms with van der Waals surface area (Å²) in [5, 5.41) is 1.29. The summed E-state index contributed by atoms with van der Waals surface area (Å²) in [6.07, 6.45) is 0.790. The number of benzene rings is 2. The first-order chi connectivity index (χ1) is 9.52. The van der Waals surface area contributed by atoms with Crippen molar-refractivity contribution in [2.45, 2.75) is 13.0 Å². The Morgan fingerprint density at radius 1 is 1.10 bits per heavy atom. The van der Waals surface area contributed by atoms with E-state index < -0.39 is 0 Å². The van der Waals surface area contributed by atoms with Crippen molar-refractivity contribution < 1.29 is 4.79 Å².